The lowest BCUT2D eigenvalue weighted by atomic mass is 10.0. The van der Waals surface area contributed by atoms with Crippen LogP contribution in [0.3, 0.4) is 0 Å². The average molecular weight is 226 g/mol. The normalized spacial score (nSPS) is 17.3. The first-order chi connectivity index (χ1) is 7.00. The van der Waals surface area contributed by atoms with E-state index in [2.05, 4.69) is 0 Å². The Morgan fingerprint density at radius 1 is 1.40 bits per heavy atom. The molecule has 0 spiro atoms. The van der Waals surface area contributed by atoms with Gasteiger partial charge in [0.2, 0.25) is 0 Å². The van der Waals surface area contributed by atoms with E-state index >= 15 is 0 Å². The molecule has 0 amide bonds. The summed E-state index contributed by atoms with van der Waals surface area (Å²) < 4.78 is 23.1. The third-order valence-corrected chi connectivity index (χ3v) is 4.32. The number of hydrogen-bond donors (Lipinski definition) is 1. The van der Waals surface area contributed by atoms with E-state index in [1.807, 2.05) is 0 Å². The van der Waals surface area contributed by atoms with Crippen molar-refractivity contribution in [2.24, 2.45) is 0 Å². The lowest BCUT2D eigenvalue weighted by Crippen LogP contribution is -2.03. The maximum atomic E-state index is 11.5. The number of fused-ring (bicyclic) bond motifs is 1. The predicted octanol–water partition coefficient (Wildman–Crippen LogP) is 0.644. The van der Waals surface area contributed by atoms with Crippen LogP contribution in [-0.2, 0) is 27.5 Å². The number of carbonyl (C=O) groups is 1. The second-order valence-corrected chi connectivity index (χ2v) is 5.61. The van der Waals surface area contributed by atoms with Gasteiger partial charge in [-0.3, -0.25) is 4.79 Å². The lowest BCUT2D eigenvalue weighted by molar-refractivity contribution is -0.136. The van der Waals surface area contributed by atoms with Gasteiger partial charge in [0.1, 0.15) is 0 Å². The van der Waals surface area contributed by atoms with Crippen LogP contribution in [-0.4, -0.2) is 25.2 Å². The molecular formula is C10H10O4S. The number of aliphatic carboxylic acids is 1. The molecule has 1 aliphatic rings. The van der Waals surface area contributed by atoms with E-state index in [0.717, 1.165) is 0 Å². The van der Waals surface area contributed by atoms with Crippen molar-refractivity contribution in [3.8, 4) is 0 Å². The summed E-state index contributed by atoms with van der Waals surface area (Å²) >= 11 is 0. The minimum Gasteiger partial charge on any atom is -0.481 e. The second-order valence-electron chi connectivity index (χ2n) is 3.53. The first-order valence-corrected chi connectivity index (χ1v) is 6.21. The molecule has 0 fully saturated rings. The van der Waals surface area contributed by atoms with Gasteiger partial charge in [0.15, 0.2) is 9.84 Å². The number of sulfone groups is 1. The van der Waals surface area contributed by atoms with Crippen LogP contribution < -0.4 is 0 Å². The molecule has 0 atom stereocenters. The maximum Gasteiger partial charge on any atom is 0.307 e. The second kappa shape index (κ2) is 3.34. The van der Waals surface area contributed by atoms with Crippen LogP contribution in [0.4, 0.5) is 0 Å². The molecule has 0 bridgehead atoms. The van der Waals surface area contributed by atoms with Gasteiger partial charge < -0.3 is 5.11 Å². The highest BCUT2D eigenvalue weighted by atomic mass is 32.2. The summed E-state index contributed by atoms with van der Waals surface area (Å²) in [7, 11) is -3.16. The van der Waals surface area contributed by atoms with Crippen molar-refractivity contribution in [1.29, 1.82) is 0 Å². The molecule has 4 nitrogen and oxygen atoms in total. The lowest BCUT2D eigenvalue weighted by Gasteiger charge is -2.03. The van der Waals surface area contributed by atoms with Crippen LogP contribution in [0.1, 0.15) is 11.1 Å². The predicted molar refractivity (Wildman–Crippen MR) is 53.5 cm³/mol. The minimum absolute atomic E-state index is 0.0962. The van der Waals surface area contributed by atoms with Gasteiger partial charge in [-0.2, -0.15) is 0 Å². The smallest absolute Gasteiger partial charge is 0.307 e. The zero-order chi connectivity index (χ0) is 11.1. The zero-order valence-corrected chi connectivity index (χ0v) is 8.75. The highest BCUT2D eigenvalue weighted by molar-refractivity contribution is 7.91. The van der Waals surface area contributed by atoms with Crippen molar-refractivity contribution >= 4 is 15.8 Å². The van der Waals surface area contributed by atoms with Crippen LogP contribution in [0.5, 0.6) is 0 Å². The van der Waals surface area contributed by atoms with Gasteiger partial charge in [-0.25, -0.2) is 8.42 Å². The van der Waals surface area contributed by atoms with Gasteiger partial charge in [-0.15, -0.1) is 0 Å². The maximum absolute atomic E-state index is 11.5. The Hall–Kier alpha value is -1.36. The third-order valence-electron chi connectivity index (χ3n) is 2.53. The van der Waals surface area contributed by atoms with E-state index in [4.69, 9.17) is 5.11 Å². The van der Waals surface area contributed by atoms with Crippen LogP contribution in [0.2, 0.25) is 0 Å². The fraction of sp³-hybridized carbons (Fsp3) is 0.300. The monoisotopic (exact) mass is 226 g/mol. The molecule has 0 saturated carbocycles. The third kappa shape index (κ3) is 1.74. The number of rotatable bonds is 2. The molecule has 0 aromatic heterocycles. The summed E-state index contributed by atoms with van der Waals surface area (Å²) in [6, 6.07) is 4.82. The van der Waals surface area contributed by atoms with Gasteiger partial charge in [-0.05, 0) is 23.6 Å². The summed E-state index contributed by atoms with van der Waals surface area (Å²) in [5.41, 5.74) is 1.29. The summed E-state index contributed by atoms with van der Waals surface area (Å²) in [5.74, 6) is -0.841. The van der Waals surface area contributed by atoms with Crippen molar-refractivity contribution < 1.29 is 18.3 Å². The van der Waals surface area contributed by atoms with Crippen molar-refractivity contribution in [1.82, 2.24) is 0 Å². The summed E-state index contributed by atoms with van der Waals surface area (Å²) in [5, 5.41) is 8.68. The Balaban J connectivity index is 2.54. The molecule has 0 saturated heterocycles. The molecule has 1 aliphatic heterocycles. The quantitative estimate of drug-likeness (QED) is 0.803. The Morgan fingerprint density at radius 2 is 2.13 bits per heavy atom. The van der Waals surface area contributed by atoms with Gasteiger partial charge in [-0.1, -0.05) is 12.1 Å². The molecular weight excluding hydrogens is 216 g/mol. The molecule has 0 unspecified atom stereocenters. The van der Waals surface area contributed by atoms with Crippen molar-refractivity contribution in [3.63, 3.8) is 0 Å². The minimum atomic E-state index is -3.16. The molecule has 1 heterocycles. The van der Waals surface area contributed by atoms with E-state index in [0.29, 0.717) is 22.4 Å². The van der Waals surface area contributed by atoms with E-state index in [1.165, 1.54) is 0 Å². The van der Waals surface area contributed by atoms with Crippen LogP contribution >= 0.6 is 0 Å². The zero-order valence-electron chi connectivity index (χ0n) is 7.93. The summed E-state index contributed by atoms with van der Waals surface area (Å²) in [6.07, 6.45) is 0.319. The van der Waals surface area contributed by atoms with Gasteiger partial charge in [0.05, 0.1) is 17.1 Å². The standard InChI is InChI=1S/C10H10O4S/c11-10(12)6-7-2-1-3-9-8(7)4-5-15(9,13)14/h1-3H,4-6H2,(H,11,12). The fourth-order valence-electron chi connectivity index (χ4n) is 1.86. The molecule has 1 aromatic rings. The van der Waals surface area contributed by atoms with Gasteiger partial charge in [0, 0.05) is 0 Å². The first-order valence-electron chi connectivity index (χ1n) is 4.56. The highest BCUT2D eigenvalue weighted by Gasteiger charge is 2.28. The topological polar surface area (TPSA) is 71.4 Å². The van der Waals surface area contributed by atoms with E-state index < -0.39 is 15.8 Å². The molecule has 1 N–H and O–H groups in total. The van der Waals surface area contributed by atoms with Crippen LogP contribution in [0, 0.1) is 0 Å². The Bertz CT molecular complexity index is 516. The van der Waals surface area contributed by atoms with Crippen molar-refractivity contribution in [3.05, 3.63) is 29.3 Å². The number of benzene rings is 1. The van der Waals surface area contributed by atoms with E-state index in [9.17, 15) is 13.2 Å². The fourth-order valence-corrected chi connectivity index (χ4v) is 3.45. The number of carboxylic acids is 1. The molecule has 0 aliphatic carbocycles. The molecule has 2 rings (SSSR count). The molecule has 0 radical (unpaired) electrons. The summed E-state index contributed by atoms with van der Waals surface area (Å²) in [4.78, 5) is 10.9. The van der Waals surface area contributed by atoms with Gasteiger partial charge in [0.25, 0.3) is 0 Å². The molecule has 5 heteroatoms. The first kappa shape index (κ1) is 10.2. The average Bonchev–Trinajstić information content (AvgIpc) is 2.43. The van der Waals surface area contributed by atoms with Crippen LogP contribution in [0.25, 0.3) is 0 Å². The van der Waals surface area contributed by atoms with Crippen molar-refractivity contribution in [2.45, 2.75) is 17.7 Å². The number of carboxylic acid groups (broad SMARTS) is 1. The van der Waals surface area contributed by atoms with Crippen LogP contribution in [0.15, 0.2) is 23.1 Å². The Labute approximate surface area is 87.5 Å². The van der Waals surface area contributed by atoms with Crippen molar-refractivity contribution in [2.75, 3.05) is 5.75 Å². The molecule has 15 heavy (non-hydrogen) atoms. The largest absolute Gasteiger partial charge is 0.481 e. The summed E-state index contributed by atoms with van der Waals surface area (Å²) in [6.45, 7) is 0. The van der Waals surface area contributed by atoms with E-state index in [1.54, 1.807) is 18.2 Å². The van der Waals surface area contributed by atoms with E-state index in [-0.39, 0.29) is 12.2 Å². The Kier molecular flexibility index (Phi) is 2.26. The SMILES string of the molecule is O=C(O)Cc1cccc2c1CCS2(=O)=O. The number of hydrogen-bond acceptors (Lipinski definition) is 3. The van der Waals surface area contributed by atoms with Gasteiger partial charge >= 0.3 is 5.97 Å². The Morgan fingerprint density at radius 3 is 2.80 bits per heavy atom. The molecule has 80 valence electrons. The highest BCUT2D eigenvalue weighted by Crippen LogP contribution is 2.28. The molecule has 1 aromatic carbocycles.